The van der Waals surface area contributed by atoms with E-state index in [-0.39, 0.29) is 12.2 Å². The Morgan fingerprint density at radius 1 is 1.03 bits per heavy atom. The summed E-state index contributed by atoms with van der Waals surface area (Å²) in [7, 11) is 0. The molecule has 2 aliphatic heterocycles. The Morgan fingerprint density at radius 3 is 2.39 bits per heavy atom. The van der Waals surface area contributed by atoms with E-state index >= 15 is 0 Å². The van der Waals surface area contributed by atoms with Crippen LogP contribution in [-0.4, -0.2) is 53.2 Å². The summed E-state index contributed by atoms with van der Waals surface area (Å²) in [5.74, 6) is 0.392. The fourth-order valence-corrected chi connectivity index (χ4v) is 4.78. The van der Waals surface area contributed by atoms with E-state index in [9.17, 15) is 4.79 Å². The highest BCUT2D eigenvalue weighted by Gasteiger charge is 2.33. The van der Waals surface area contributed by atoms with E-state index in [1.807, 2.05) is 34.0 Å². The molecule has 2 aromatic carbocycles. The molecular formula is C27H31N3O3. The SMILES string of the molecule is CCc1ccc(-c2nn(-c3ccccc3C)cc2C(=O)N2CCC(C3OCCO3)CC2)cc1. The maximum atomic E-state index is 13.7. The molecule has 0 radical (unpaired) electrons. The van der Waals surface area contributed by atoms with Crippen LogP contribution in [0.2, 0.25) is 0 Å². The minimum Gasteiger partial charge on any atom is -0.350 e. The summed E-state index contributed by atoms with van der Waals surface area (Å²) in [6, 6.07) is 16.5. The average Bonchev–Trinajstić information content (AvgIpc) is 3.55. The summed E-state index contributed by atoms with van der Waals surface area (Å²) in [6.07, 6.45) is 4.54. The van der Waals surface area contributed by atoms with Gasteiger partial charge < -0.3 is 14.4 Å². The largest absolute Gasteiger partial charge is 0.350 e. The zero-order valence-corrected chi connectivity index (χ0v) is 19.4. The molecule has 5 rings (SSSR count). The van der Waals surface area contributed by atoms with Crippen LogP contribution < -0.4 is 0 Å². The van der Waals surface area contributed by atoms with Gasteiger partial charge in [0.15, 0.2) is 6.29 Å². The molecule has 0 aliphatic carbocycles. The van der Waals surface area contributed by atoms with Crippen LogP contribution in [0.25, 0.3) is 16.9 Å². The van der Waals surface area contributed by atoms with Crippen molar-refractivity contribution in [1.82, 2.24) is 14.7 Å². The van der Waals surface area contributed by atoms with Crippen LogP contribution >= 0.6 is 0 Å². The standard InChI is InChI=1S/C27H31N3O3/c1-3-20-8-10-21(11-9-20)25-23(18-30(28-25)24-7-5-4-6-19(24)2)26(31)29-14-12-22(13-15-29)27-32-16-17-33-27/h4-11,18,22,27H,3,12-17H2,1-2H3. The second-order valence-electron chi connectivity index (χ2n) is 8.91. The highest BCUT2D eigenvalue weighted by molar-refractivity contribution is 6.00. The number of hydrogen-bond donors (Lipinski definition) is 0. The Kier molecular flexibility index (Phi) is 6.29. The molecule has 172 valence electrons. The smallest absolute Gasteiger partial charge is 0.257 e. The molecule has 0 unspecified atom stereocenters. The van der Waals surface area contributed by atoms with Gasteiger partial charge in [-0.2, -0.15) is 5.10 Å². The lowest BCUT2D eigenvalue weighted by Gasteiger charge is -2.33. The lowest BCUT2D eigenvalue weighted by molar-refractivity contribution is -0.0956. The fourth-order valence-electron chi connectivity index (χ4n) is 4.78. The first kappa shape index (κ1) is 21.9. The highest BCUT2D eigenvalue weighted by atomic mass is 16.7. The zero-order chi connectivity index (χ0) is 22.8. The monoisotopic (exact) mass is 445 g/mol. The van der Waals surface area contributed by atoms with Crippen LogP contribution in [0, 0.1) is 12.8 Å². The second kappa shape index (κ2) is 9.49. The summed E-state index contributed by atoms with van der Waals surface area (Å²) in [5, 5.41) is 4.89. The number of nitrogens with zero attached hydrogens (tertiary/aromatic N) is 3. The summed E-state index contributed by atoms with van der Waals surface area (Å²) in [4.78, 5) is 15.6. The first-order chi connectivity index (χ1) is 16.1. The molecule has 0 bridgehead atoms. The van der Waals surface area contributed by atoms with Crippen molar-refractivity contribution in [3.8, 4) is 16.9 Å². The number of likely N-dealkylation sites (tertiary alicyclic amines) is 1. The number of carbonyl (C=O) groups excluding carboxylic acids is 1. The third-order valence-electron chi connectivity index (χ3n) is 6.80. The van der Waals surface area contributed by atoms with Crippen molar-refractivity contribution in [2.24, 2.45) is 5.92 Å². The van der Waals surface area contributed by atoms with Crippen molar-refractivity contribution >= 4 is 5.91 Å². The molecule has 2 fully saturated rings. The first-order valence-electron chi connectivity index (χ1n) is 11.9. The van der Waals surface area contributed by atoms with Gasteiger partial charge in [0.05, 0.1) is 24.5 Å². The van der Waals surface area contributed by atoms with Crippen LogP contribution in [0.5, 0.6) is 0 Å². The van der Waals surface area contributed by atoms with E-state index < -0.39 is 0 Å². The molecule has 0 spiro atoms. The number of amides is 1. The van der Waals surface area contributed by atoms with Gasteiger partial charge in [-0.25, -0.2) is 4.68 Å². The second-order valence-corrected chi connectivity index (χ2v) is 8.91. The molecule has 3 aromatic rings. The van der Waals surface area contributed by atoms with Crippen molar-refractivity contribution in [1.29, 1.82) is 0 Å². The van der Waals surface area contributed by atoms with E-state index in [1.165, 1.54) is 5.56 Å². The molecule has 3 heterocycles. The van der Waals surface area contributed by atoms with E-state index in [1.54, 1.807) is 0 Å². The van der Waals surface area contributed by atoms with E-state index in [2.05, 4.69) is 44.2 Å². The van der Waals surface area contributed by atoms with Gasteiger partial charge in [0.2, 0.25) is 0 Å². The Bertz CT molecular complexity index is 1110. The van der Waals surface area contributed by atoms with Crippen LogP contribution in [0.1, 0.15) is 41.3 Å². The maximum Gasteiger partial charge on any atom is 0.257 e. The molecule has 33 heavy (non-hydrogen) atoms. The van der Waals surface area contributed by atoms with Crippen molar-refractivity contribution in [3.05, 3.63) is 71.4 Å². The summed E-state index contributed by atoms with van der Waals surface area (Å²) < 4.78 is 13.2. The molecule has 1 aromatic heterocycles. The molecule has 6 heteroatoms. The van der Waals surface area contributed by atoms with Crippen molar-refractivity contribution in [2.75, 3.05) is 26.3 Å². The third-order valence-corrected chi connectivity index (χ3v) is 6.80. The topological polar surface area (TPSA) is 56.6 Å². The minimum atomic E-state index is -0.112. The van der Waals surface area contributed by atoms with Crippen LogP contribution in [0.3, 0.4) is 0 Å². The van der Waals surface area contributed by atoms with Gasteiger partial charge in [-0.15, -0.1) is 0 Å². The molecule has 2 aliphatic rings. The van der Waals surface area contributed by atoms with Gasteiger partial charge in [-0.3, -0.25) is 4.79 Å². The average molecular weight is 446 g/mol. The Hall–Kier alpha value is -2.96. The van der Waals surface area contributed by atoms with E-state index in [0.717, 1.165) is 41.8 Å². The van der Waals surface area contributed by atoms with E-state index in [4.69, 9.17) is 14.6 Å². The molecule has 0 atom stereocenters. The quantitative estimate of drug-likeness (QED) is 0.574. The van der Waals surface area contributed by atoms with Gasteiger partial charge >= 0.3 is 0 Å². The predicted octanol–water partition coefficient (Wildman–Crippen LogP) is 4.64. The Morgan fingerprint density at radius 2 is 1.73 bits per heavy atom. The number of hydrogen-bond acceptors (Lipinski definition) is 4. The van der Waals surface area contributed by atoms with Gasteiger partial charge in [0.1, 0.15) is 5.69 Å². The van der Waals surface area contributed by atoms with Gasteiger partial charge in [0.25, 0.3) is 5.91 Å². The number of ether oxygens (including phenoxy) is 2. The van der Waals surface area contributed by atoms with E-state index in [0.29, 0.717) is 37.8 Å². The predicted molar refractivity (Wildman–Crippen MR) is 127 cm³/mol. The maximum absolute atomic E-state index is 13.7. The van der Waals surface area contributed by atoms with Gasteiger partial charge in [0, 0.05) is 30.8 Å². The fraction of sp³-hybridized carbons (Fsp3) is 0.407. The molecule has 0 saturated carbocycles. The lowest BCUT2D eigenvalue weighted by atomic mass is 9.95. The Balaban J connectivity index is 1.44. The van der Waals surface area contributed by atoms with Gasteiger partial charge in [-0.05, 0) is 43.4 Å². The molecule has 1 amide bonds. The van der Waals surface area contributed by atoms with Crippen LogP contribution in [-0.2, 0) is 15.9 Å². The third kappa shape index (κ3) is 4.45. The lowest BCUT2D eigenvalue weighted by Crippen LogP contribution is -2.41. The number of carbonyl (C=O) groups is 1. The molecule has 6 nitrogen and oxygen atoms in total. The van der Waals surface area contributed by atoms with Crippen LogP contribution in [0.15, 0.2) is 54.7 Å². The van der Waals surface area contributed by atoms with Gasteiger partial charge in [-0.1, -0.05) is 49.4 Å². The van der Waals surface area contributed by atoms with Crippen molar-refractivity contribution in [2.45, 2.75) is 39.4 Å². The first-order valence-corrected chi connectivity index (χ1v) is 11.9. The molecule has 2 saturated heterocycles. The normalized spacial score (nSPS) is 17.6. The number of aromatic nitrogens is 2. The number of rotatable bonds is 5. The van der Waals surface area contributed by atoms with Crippen molar-refractivity contribution < 1.29 is 14.3 Å². The summed E-state index contributed by atoms with van der Waals surface area (Å²) in [6.45, 7) is 6.95. The number of para-hydroxylation sites is 1. The minimum absolute atomic E-state index is 0.0381. The number of aryl methyl sites for hydroxylation is 2. The zero-order valence-electron chi connectivity index (χ0n) is 19.4. The highest BCUT2D eigenvalue weighted by Crippen LogP contribution is 2.30. The molecular weight excluding hydrogens is 414 g/mol. The molecule has 0 N–H and O–H groups in total. The Labute approximate surface area is 195 Å². The van der Waals surface area contributed by atoms with Crippen LogP contribution in [0.4, 0.5) is 0 Å². The number of piperidine rings is 1. The number of benzene rings is 2. The summed E-state index contributed by atoms with van der Waals surface area (Å²) in [5.41, 5.74) is 5.71. The van der Waals surface area contributed by atoms with Crippen molar-refractivity contribution in [3.63, 3.8) is 0 Å². The summed E-state index contributed by atoms with van der Waals surface area (Å²) >= 11 is 0.